The quantitative estimate of drug-likeness (QED) is 0.565. The summed E-state index contributed by atoms with van der Waals surface area (Å²) in [5.74, 6) is -1.06. The maximum Gasteiger partial charge on any atom is 0.241 e. The molecule has 8 nitrogen and oxygen atoms in total. The Morgan fingerprint density at radius 3 is 2.45 bits per heavy atom. The van der Waals surface area contributed by atoms with Crippen LogP contribution in [0.5, 0.6) is 0 Å². The summed E-state index contributed by atoms with van der Waals surface area (Å²) in [7, 11) is 0. The lowest BCUT2D eigenvalue weighted by atomic mass is 9.91. The highest BCUT2D eigenvalue weighted by atomic mass is 19.1. The van der Waals surface area contributed by atoms with Gasteiger partial charge in [-0.25, -0.2) is 8.78 Å². The highest BCUT2D eigenvalue weighted by molar-refractivity contribution is 5.97. The van der Waals surface area contributed by atoms with E-state index in [9.17, 15) is 18.4 Å². The molecule has 1 aromatic carbocycles. The van der Waals surface area contributed by atoms with Gasteiger partial charge in [0, 0.05) is 94.5 Å². The van der Waals surface area contributed by atoms with Crippen LogP contribution in [0.1, 0.15) is 58.4 Å². The number of hydrogen-bond acceptors (Lipinski definition) is 6. The van der Waals surface area contributed by atoms with Crippen LogP contribution in [0.25, 0.3) is 0 Å². The molecule has 3 aliphatic heterocycles. The molecule has 0 unspecified atom stereocenters. The minimum absolute atomic E-state index is 0.0235. The van der Waals surface area contributed by atoms with Crippen LogP contribution in [0, 0.1) is 11.6 Å². The molecule has 2 saturated heterocycles. The third-order valence-corrected chi connectivity index (χ3v) is 9.15. The van der Waals surface area contributed by atoms with E-state index < -0.39 is 11.6 Å². The zero-order chi connectivity index (χ0) is 30.3. The lowest BCUT2D eigenvalue weighted by molar-refractivity contribution is -0.133. The Bertz CT molecular complexity index is 1320. The SMILES string of the molecule is CC(=O)N1C[C@@H](C)N(C[C@H]2CN[C@H](C)CN2CC(=O)N2CC(C)(C)c3ncc(Cc4ccc(F)cc4F)cc32)[C@H](C)C1. The van der Waals surface area contributed by atoms with Gasteiger partial charge in [0.25, 0.3) is 0 Å². The van der Waals surface area contributed by atoms with Crippen LogP contribution < -0.4 is 10.2 Å². The van der Waals surface area contributed by atoms with Crippen molar-refractivity contribution in [2.24, 2.45) is 0 Å². The number of piperazine rings is 2. The van der Waals surface area contributed by atoms with Crippen molar-refractivity contribution in [3.8, 4) is 0 Å². The molecule has 1 aromatic heterocycles. The third-order valence-electron chi connectivity index (χ3n) is 9.15. The summed E-state index contributed by atoms with van der Waals surface area (Å²) >= 11 is 0. The first-order valence-electron chi connectivity index (χ1n) is 15.0. The van der Waals surface area contributed by atoms with Gasteiger partial charge in [0.2, 0.25) is 11.8 Å². The number of halogens is 2. The molecule has 0 spiro atoms. The number of hydrogen-bond donors (Lipinski definition) is 1. The van der Waals surface area contributed by atoms with Crippen molar-refractivity contribution in [2.45, 2.75) is 77.5 Å². The summed E-state index contributed by atoms with van der Waals surface area (Å²) in [6.07, 6.45) is 2.00. The lowest BCUT2D eigenvalue weighted by Crippen LogP contribution is -2.65. The summed E-state index contributed by atoms with van der Waals surface area (Å²) in [4.78, 5) is 39.3. The molecule has 10 heteroatoms. The number of carbonyl (C=O) groups is 2. The van der Waals surface area contributed by atoms with Crippen molar-refractivity contribution >= 4 is 17.5 Å². The molecule has 2 aromatic rings. The van der Waals surface area contributed by atoms with E-state index in [2.05, 4.69) is 49.7 Å². The van der Waals surface area contributed by atoms with Crippen LogP contribution in [-0.4, -0.2) is 101 Å². The van der Waals surface area contributed by atoms with E-state index in [0.717, 1.165) is 42.6 Å². The van der Waals surface area contributed by atoms with Crippen LogP contribution in [-0.2, 0) is 21.4 Å². The van der Waals surface area contributed by atoms with E-state index in [4.69, 9.17) is 4.98 Å². The minimum atomic E-state index is -0.607. The van der Waals surface area contributed by atoms with E-state index in [1.807, 2.05) is 15.9 Å². The number of nitrogens with zero attached hydrogens (tertiary/aromatic N) is 5. The van der Waals surface area contributed by atoms with Crippen molar-refractivity contribution < 1.29 is 18.4 Å². The Hall–Kier alpha value is -2.95. The zero-order valence-corrected chi connectivity index (χ0v) is 25.7. The second kappa shape index (κ2) is 12.0. The van der Waals surface area contributed by atoms with Crippen molar-refractivity contribution in [1.82, 2.24) is 25.0 Å². The van der Waals surface area contributed by atoms with Gasteiger partial charge in [0.05, 0.1) is 17.9 Å². The first kappa shape index (κ1) is 30.5. The van der Waals surface area contributed by atoms with Gasteiger partial charge < -0.3 is 15.1 Å². The lowest BCUT2D eigenvalue weighted by Gasteiger charge is -2.48. The smallest absolute Gasteiger partial charge is 0.241 e. The molecular formula is C32H44F2N6O2. The van der Waals surface area contributed by atoms with Gasteiger partial charge >= 0.3 is 0 Å². The molecule has 228 valence electrons. The third kappa shape index (κ3) is 6.35. The number of carbonyl (C=O) groups excluding carboxylic acids is 2. The van der Waals surface area contributed by atoms with Crippen molar-refractivity contribution in [2.75, 3.05) is 50.7 Å². The number of amides is 2. The molecule has 1 N–H and O–H groups in total. The number of anilines is 1. The Morgan fingerprint density at radius 1 is 1.07 bits per heavy atom. The second-order valence-electron chi connectivity index (χ2n) is 13.2. The van der Waals surface area contributed by atoms with E-state index >= 15 is 0 Å². The molecule has 0 bridgehead atoms. The Kier molecular flexibility index (Phi) is 8.70. The number of rotatable bonds is 6. The van der Waals surface area contributed by atoms with Gasteiger partial charge in [-0.05, 0) is 44.0 Å². The maximum absolute atomic E-state index is 14.4. The number of fused-ring (bicyclic) bond motifs is 1. The summed E-state index contributed by atoms with van der Waals surface area (Å²) in [5.41, 5.74) is 2.47. The number of benzene rings is 1. The van der Waals surface area contributed by atoms with E-state index in [1.54, 1.807) is 13.1 Å². The minimum Gasteiger partial charge on any atom is -0.340 e. The molecule has 0 aliphatic carbocycles. The van der Waals surface area contributed by atoms with Gasteiger partial charge in [-0.15, -0.1) is 0 Å². The monoisotopic (exact) mass is 582 g/mol. The topological polar surface area (TPSA) is 72.0 Å². The van der Waals surface area contributed by atoms with Gasteiger partial charge in [-0.3, -0.25) is 24.4 Å². The van der Waals surface area contributed by atoms with Crippen molar-refractivity contribution in [3.63, 3.8) is 0 Å². The molecule has 4 heterocycles. The molecular weight excluding hydrogens is 538 g/mol. The fourth-order valence-corrected chi connectivity index (χ4v) is 6.86. The van der Waals surface area contributed by atoms with Gasteiger partial charge in [-0.1, -0.05) is 19.9 Å². The highest BCUT2D eigenvalue weighted by Gasteiger charge is 2.41. The van der Waals surface area contributed by atoms with Crippen LogP contribution >= 0.6 is 0 Å². The molecule has 0 saturated carbocycles. The van der Waals surface area contributed by atoms with Crippen molar-refractivity contribution in [1.29, 1.82) is 0 Å². The Morgan fingerprint density at radius 2 is 1.79 bits per heavy atom. The number of nitrogens with one attached hydrogen (secondary N) is 1. The van der Waals surface area contributed by atoms with E-state index in [-0.39, 0.29) is 47.8 Å². The predicted octanol–water partition coefficient (Wildman–Crippen LogP) is 3.18. The summed E-state index contributed by atoms with van der Waals surface area (Å²) in [5, 5.41) is 3.60. The molecule has 2 fully saturated rings. The zero-order valence-electron chi connectivity index (χ0n) is 25.7. The fourth-order valence-electron chi connectivity index (χ4n) is 6.86. The highest BCUT2D eigenvalue weighted by Crippen LogP contribution is 2.40. The standard InChI is InChI=1S/C32H44F2N6O2/c1-20-14-38(27(13-35-20)17-39-21(2)15-37(23(4)41)16-22(39)3)18-30(42)40-19-32(5,6)31-29(40)10-24(12-36-31)9-25-7-8-26(33)11-28(25)34/h7-8,10-12,20-22,27,35H,9,13-19H2,1-6H3/t20-,21-,22-,27-/m1/s1. The normalized spacial score (nSPS) is 26.4. The van der Waals surface area contributed by atoms with Crippen molar-refractivity contribution in [3.05, 3.63) is 58.9 Å². The van der Waals surface area contributed by atoms with Crippen LogP contribution in [0.4, 0.5) is 14.5 Å². The fraction of sp³-hybridized carbons (Fsp3) is 0.594. The molecule has 2 amide bonds. The van der Waals surface area contributed by atoms with Gasteiger partial charge in [0.1, 0.15) is 11.6 Å². The molecule has 4 atom stereocenters. The maximum atomic E-state index is 14.4. The largest absolute Gasteiger partial charge is 0.340 e. The summed E-state index contributed by atoms with van der Waals surface area (Å²) in [6.45, 7) is 16.9. The van der Waals surface area contributed by atoms with Crippen LogP contribution in [0.3, 0.4) is 0 Å². The first-order chi connectivity index (χ1) is 19.8. The summed E-state index contributed by atoms with van der Waals surface area (Å²) in [6, 6.07) is 6.43. The number of pyridine rings is 1. The van der Waals surface area contributed by atoms with Gasteiger partial charge in [0.15, 0.2) is 0 Å². The average molecular weight is 583 g/mol. The Balaban J connectivity index is 1.33. The molecule has 3 aliphatic rings. The number of aromatic nitrogens is 1. The van der Waals surface area contributed by atoms with Crippen LogP contribution in [0.15, 0.2) is 30.5 Å². The second-order valence-corrected chi connectivity index (χ2v) is 13.2. The molecule has 5 rings (SSSR count). The van der Waals surface area contributed by atoms with E-state index in [1.165, 1.54) is 12.1 Å². The van der Waals surface area contributed by atoms with E-state index in [0.29, 0.717) is 31.7 Å². The summed E-state index contributed by atoms with van der Waals surface area (Å²) < 4.78 is 27.8. The predicted molar refractivity (Wildman–Crippen MR) is 159 cm³/mol. The first-order valence-corrected chi connectivity index (χ1v) is 15.0. The molecule has 42 heavy (non-hydrogen) atoms. The Labute approximate surface area is 248 Å². The average Bonchev–Trinajstić information content (AvgIpc) is 3.18. The molecule has 0 radical (unpaired) electrons. The van der Waals surface area contributed by atoms with Crippen LogP contribution in [0.2, 0.25) is 0 Å². The van der Waals surface area contributed by atoms with Gasteiger partial charge in [-0.2, -0.15) is 0 Å².